The molecule has 4 rings (SSSR count). The molecule has 10 heteroatoms. The molecule has 1 N–H and O–H groups in total. The van der Waals surface area contributed by atoms with Crippen LogP contribution in [0.5, 0.6) is 0 Å². The molecule has 4 aromatic rings. The van der Waals surface area contributed by atoms with Gasteiger partial charge in [-0.2, -0.15) is 31.4 Å². The van der Waals surface area contributed by atoms with Crippen LogP contribution in [0, 0.1) is 0 Å². The van der Waals surface area contributed by atoms with Crippen molar-refractivity contribution in [1.82, 2.24) is 19.7 Å². The molecular weight excluding hydrogens is 386 g/mol. The molecule has 0 radical (unpaired) electrons. The smallest absolute Gasteiger partial charge is 0.354 e. The summed E-state index contributed by atoms with van der Waals surface area (Å²) in [7, 11) is 0. The predicted molar refractivity (Wildman–Crippen MR) is 88.7 cm³/mol. The van der Waals surface area contributed by atoms with E-state index in [1.165, 1.54) is 24.5 Å². The van der Waals surface area contributed by atoms with E-state index < -0.39 is 23.5 Å². The van der Waals surface area contributed by atoms with Crippen molar-refractivity contribution in [2.45, 2.75) is 12.4 Å². The summed E-state index contributed by atoms with van der Waals surface area (Å²) < 4.78 is 78.3. The number of hydrogen-bond donors (Lipinski definition) is 1. The Kier molecular flexibility index (Phi) is 3.95. The van der Waals surface area contributed by atoms with Crippen LogP contribution < -0.4 is 0 Å². The minimum absolute atomic E-state index is 0.251. The predicted octanol–water partition coefficient (Wildman–Crippen LogP) is 5.45. The third-order valence-electron chi connectivity index (χ3n) is 4.20. The first kappa shape index (κ1) is 18.1. The number of H-pyrrole nitrogens is 1. The second-order valence-electron chi connectivity index (χ2n) is 6.05. The highest BCUT2D eigenvalue weighted by Gasteiger charge is 2.33. The number of hydrogen-bond acceptors (Lipinski definition) is 2. The van der Waals surface area contributed by atoms with E-state index in [9.17, 15) is 26.3 Å². The Hall–Kier alpha value is -3.30. The average Bonchev–Trinajstić information content (AvgIpc) is 3.27. The number of pyridine rings is 1. The summed E-state index contributed by atoms with van der Waals surface area (Å²) in [6, 6.07) is 6.31. The van der Waals surface area contributed by atoms with Crippen LogP contribution in [-0.4, -0.2) is 19.7 Å². The molecule has 1 aromatic carbocycles. The first-order chi connectivity index (χ1) is 13.1. The largest absolute Gasteiger partial charge is 0.419 e. The zero-order valence-electron chi connectivity index (χ0n) is 13.8. The van der Waals surface area contributed by atoms with Crippen LogP contribution in [0.3, 0.4) is 0 Å². The third-order valence-corrected chi connectivity index (χ3v) is 4.20. The van der Waals surface area contributed by atoms with Gasteiger partial charge in [-0.1, -0.05) is 0 Å². The van der Waals surface area contributed by atoms with Crippen molar-refractivity contribution >= 4 is 10.9 Å². The molecule has 3 aromatic heterocycles. The molecular formula is C18H10F6N4. The van der Waals surface area contributed by atoms with Gasteiger partial charge in [-0.15, -0.1) is 0 Å². The monoisotopic (exact) mass is 396 g/mol. The fraction of sp³-hybridized carbons (Fsp3) is 0.111. The van der Waals surface area contributed by atoms with E-state index in [-0.39, 0.29) is 5.69 Å². The summed E-state index contributed by atoms with van der Waals surface area (Å²) >= 11 is 0. The number of halogens is 6. The molecule has 0 spiro atoms. The maximum absolute atomic E-state index is 12.9. The van der Waals surface area contributed by atoms with Gasteiger partial charge in [-0.25, -0.2) is 4.68 Å². The number of aromatic nitrogens is 4. The lowest BCUT2D eigenvalue weighted by atomic mass is 10.1. The minimum atomic E-state index is -4.55. The number of nitrogens with one attached hydrogen (secondary N) is 1. The summed E-state index contributed by atoms with van der Waals surface area (Å²) in [6.07, 6.45) is -4.75. The van der Waals surface area contributed by atoms with E-state index in [1.54, 1.807) is 6.07 Å². The van der Waals surface area contributed by atoms with E-state index >= 15 is 0 Å². The van der Waals surface area contributed by atoms with Gasteiger partial charge in [0.25, 0.3) is 0 Å². The van der Waals surface area contributed by atoms with Gasteiger partial charge >= 0.3 is 12.4 Å². The van der Waals surface area contributed by atoms with E-state index in [1.807, 2.05) is 0 Å². The highest BCUT2D eigenvalue weighted by atomic mass is 19.4. The second kappa shape index (κ2) is 6.11. The Morgan fingerprint density at radius 2 is 1.61 bits per heavy atom. The molecule has 0 fully saturated rings. The van der Waals surface area contributed by atoms with Gasteiger partial charge in [-0.05, 0) is 30.3 Å². The lowest BCUT2D eigenvalue weighted by Crippen LogP contribution is -2.03. The Labute approximate surface area is 153 Å². The van der Waals surface area contributed by atoms with Crippen LogP contribution in [0.4, 0.5) is 26.3 Å². The van der Waals surface area contributed by atoms with Crippen molar-refractivity contribution in [3.8, 4) is 16.9 Å². The quantitative estimate of drug-likeness (QED) is 0.458. The molecule has 0 atom stereocenters. The standard InChI is InChI=1S/C18H10F6N4/c19-17(20,21)11-1-2-14-10(5-11)6-15(27-14)13-3-4-25-8-16(13)28-9-12(7-26-28)18(22,23)24/h1-9,27H. The fourth-order valence-electron chi connectivity index (χ4n) is 2.85. The third kappa shape index (κ3) is 3.21. The summed E-state index contributed by atoms with van der Waals surface area (Å²) in [5.41, 5.74) is -0.133. The van der Waals surface area contributed by atoms with Crippen molar-refractivity contribution in [2.24, 2.45) is 0 Å². The van der Waals surface area contributed by atoms with Crippen molar-refractivity contribution in [3.05, 3.63) is 66.2 Å². The molecule has 0 aliphatic rings. The van der Waals surface area contributed by atoms with Crippen LogP contribution >= 0.6 is 0 Å². The number of fused-ring (bicyclic) bond motifs is 1. The second-order valence-corrected chi connectivity index (χ2v) is 6.05. The van der Waals surface area contributed by atoms with Crippen molar-refractivity contribution in [2.75, 3.05) is 0 Å². The summed E-state index contributed by atoms with van der Waals surface area (Å²) in [5.74, 6) is 0. The first-order valence-corrected chi connectivity index (χ1v) is 7.89. The van der Waals surface area contributed by atoms with Gasteiger partial charge in [0.2, 0.25) is 0 Å². The molecule has 144 valence electrons. The number of alkyl halides is 6. The van der Waals surface area contributed by atoms with Crippen molar-refractivity contribution < 1.29 is 26.3 Å². The average molecular weight is 396 g/mol. The molecule has 0 saturated heterocycles. The number of nitrogens with zero attached hydrogens (tertiary/aromatic N) is 3. The van der Waals surface area contributed by atoms with E-state index in [0.29, 0.717) is 28.4 Å². The maximum atomic E-state index is 12.9. The molecule has 0 bridgehead atoms. The first-order valence-electron chi connectivity index (χ1n) is 7.89. The topological polar surface area (TPSA) is 46.5 Å². The lowest BCUT2D eigenvalue weighted by Gasteiger charge is -2.07. The van der Waals surface area contributed by atoms with Crippen LogP contribution in [0.2, 0.25) is 0 Å². The number of rotatable bonds is 2. The van der Waals surface area contributed by atoms with Gasteiger partial charge in [-0.3, -0.25) is 4.98 Å². The van der Waals surface area contributed by atoms with Gasteiger partial charge in [0.05, 0.1) is 29.2 Å². The fourth-order valence-corrected chi connectivity index (χ4v) is 2.85. The summed E-state index contributed by atoms with van der Waals surface area (Å²) in [6.45, 7) is 0. The maximum Gasteiger partial charge on any atom is 0.419 e. The van der Waals surface area contributed by atoms with Gasteiger partial charge in [0.1, 0.15) is 0 Å². The minimum Gasteiger partial charge on any atom is -0.354 e. The number of aromatic amines is 1. The Bertz CT molecular complexity index is 1150. The van der Waals surface area contributed by atoms with Crippen LogP contribution in [0.25, 0.3) is 27.8 Å². The summed E-state index contributed by atoms with van der Waals surface area (Å²) in [4.78, 5) is 6.89. The zero-order chi connectivity index (χ0) is 20.1. The number of benzene rings is 1. The molecule has 3 heterocycles. The van der Waals surface area contributed by atoms with Gasteiger partial charge in [0, 0.05) is 34.6 Å². The van der Waals surface area contributed by atoms with E-state index in [4.69, 9.17) is 0 Å². The molecule has 0 aliphatic carbocycles. The Morgan fingerprint density at radius 3 is 2.29 bits per heavy atom. The molecule has 4 nitrogen and oxygen atoms in total. The lowest BCUT2D eigenvalue weighted by molar-refractivity contribution is -0.138. The highest BCUT2D eigenvalue weighted by Crippen LogP contribution is 2.34. The Morgan fingerprint density at radius 1 is 0.857 bits per heavy atom. The normalized spacial score (nSPS) is 12.6. The molecule has 0 unspecified atom stereocenters. The molecule has 0 saturated carbocycles. The van der Waals surface area contributed by atoms with Crippen molar-refractivity contribution in [3.63, 3.8) is 0 Å². The van der Waals surface area contributed by atoms with E-state index in [0.717, 1.165) is 23.0 Å². The molecule has 28 heavy (non-hydrogen) atoms. The SMILES string of the molecule is FC(F)(F)c1ccc2[nH]c(-c3ccncc3-n3cc(C(F)(F)F)cn3)cc2c1. The highest BCUT2D eigenvalue weighted by molar-refractivity contribution is 5.88. The molecule has 0 amide bonds. The zero-order valence-corrected chi connectivity index (χ0v) is 13.8. The van der Waals surface area contributed by atoms with Crippen LogP contribution in [0.15, 0.2) is 55.1 Å². The molecule has 0 aliphatic heterocycles. The van der Waals surface area contributed by atoms with Gasteiger partial charge < -0.3 is 4.98 Å². The van der Waals surface area contributed by atoms with Gasteiger partial charge in [0.15, 0.2) is 0 Å². The summed E-state index contributed by atoms with van der Waals surface area (Å²) in [5, 5.41) is 4.06. The van der Waals surface area contributed by atoms with Crippen LogP contribution in [0.1, 0.15) is 11.1 Å². The van der Waals surface area contributed by atoms with E-state index in [2.05, 4.69) is 15.1 Å². The Balaban J connectivity index is 1.81. The van der Waals surface area contributed by atoms with Crippen LogP contribution in [-0.2, 0) is 12.4 Å². The van der Waals surface area contributed by atoms with Crippen molar-refractivity contribution in [1.29, 1.82) is 0 Å².